The van der Waals surface area contributed by atoms with Crippen LogP contribution in [0.4, 0.5) is 10.5 Å². The molecular weight excluding hydrogens is 426 g/mol. The summed E-state index contributed by atoms with van der Waals surface area (Å²) in [5, 5.41) is 2.79. The Morgan fingerprint density at radius 1 is 0.882 bits per heavy atom. The van der Waals surface area contributed by atoms with Crippen LogP contribution in [0.3, 0.4) is 0 Å². The number of piperazine rings is 1. The molecule has 1 amide bonds. The van der Waals surface area contributed by atoms with Crippen LogP contribution < -0.4 is 10.2 Å². The highest BCUT2D eigenvalue weighted by Gasteiger charge is 2.34. The number of carbonyl (C=O) groups excluding carboxylic acids is 2. The van der Waals surface area contributed by atoms with Crippen LogP contribution in [-0.4, -0.2) is 54.6 Å². The molecule has 0 aromatic heterocycles. The Bertz CT molecular complexity index is 951. The van der Waals surface area contributed by atoms with Crippen molar-refractivity contribution in [1.29, 1.82) is 0 Å². The van der Waals surface area contributed by atoms with E-state index in [1.54, 1.807) is 20.8 Å². The molecule has 3 rings (SSSR count). The zero-order chi connectivity index (χ0) is 24.9. The Labute approximate surface area is 204 Å². The first-order chi connectivity index (χ1) is 15.9. The molecule has 1 N–H and O–H groups in total. The van der Waals surface area contributed by atoms with Gasteiger partial charge in [-0.15, -0.1) is 0 Å². The molecular formula is C28H39N3O3. The third-order valence-electron chi connectivity index (χ3n) is 5.93. The van der Waals surface area contributed by atoms with Gasteiger partial charge < -0.3 is 15.0 Å². The van der Waals surface area contributed by atoms with E-state index in [-0.39, 0.29) is 5.78 Å². The van der Waals surface area contributed by atoms with E-state index in [0.29, 0.717) is 5.56 Å². The minimum atomic E-state index is -0.685. The molecule has 0 saturated carbocycles. The standard InChI is InChI=1S/C28H39N3O3/c1-27(2,3)25(29-26(33)34-28(4,5)6)24(32)22-12-14-23(15-13-22)31-18-16-30(17-19-31)20-21-10-8-7-9-11-21/h7-15,25H,16-20H2,1-6H3,(H,29,33)/t25-/m1/s1. The first-order valence-corrected chi connectivity index (χ1v) is 12.1. The van der Waals surface area contributed by atoms with Gasteiger partial charge in [0.15, 0.2) is 5.78 Å². The van der Waals surface area contributed by atoms with Crippen LogP contribution >= 0.6 is 0 Å². The van der Waals surface area contributed by atoms with Gasteiger partial charge in [0.2, 0.25) is 0 Å². The van der Waals surface area contributed by atoms with Crippen molar-refractivity contribution in [2.75, 3.05) is 31.1 Å². The third-order valence-corrected chi connectivity index (χ3v) is 5.93. The lowest BCUT2D eigenvalue weighted by Crippen LogP contribution is -2.50. The number of amides is 1. The van der Waals surface area contributed by atoms with Crippen molar-refractivity contribution in [1.82, 2.24) is 10.2 Å². The molecule has 34 heavy (non-hydrogen) atoms. The van der Waals surface area contributed by atoms with E-state index < -0.39 is 23.2 Å². The summed E-state index contributed by atoms with van der Waals surface area (Å²) in [5.41, 5.74) is 1.96. The van der Waals surface area contributed by atoms with Gasteiger partial charge in [-0.05, 0) is 56.0 Å². The van der Waals surface area contributed by atoms with Gasteiger partial charge in [0.25, 0.3) is 0 Å². The number of ether oxygens (including phenoxy) is 1. The number of hydrogen-bond acceptors (Lipinski definition) is 5. The Balaban J connectivity index is 1.61. The SMILES string of the molecule is CC(C)(C)OC(=O)N[C@H](C(=O)c1ccc(N2CCN(Cc3ccccc3)CC2)cc1)C(C)(C)C. The van der Waals surface area contributed by atoms with Crippen molar-refractivity contribution < 1.29 is 14.3 Å². The second-order valence-corrected chi connectivity index (χ2v) is 11.1. The Hall–Kier alpha value is -2.86. The zero-order valence-corrected chi connectivity index (χ0v) is 21.4. The van der Waals surface area contributed by atoms with Gasteiger partial charge in [-0.2, -0.15) is 0 Å². The second kappa shape index (κ2) is 10.6. The van der Waals surface area contributed by atoms with Crippen molar-refractivity contribution >= 4 is 17.6 Å². The summed E-state index contributed by atoms with van der Waals surface area (Å²) in [6.07, 6.45) is -0.578. The van der Waals surface area contributed by atoms with Gasteiger partial charge in [0, 0.05) is 44.0 Å². The number of carbonyl (C=O) groups is 2. The van der Waals surface area contributed by atoms with Gasteiger partial charge in [-0.25, -0.2) is 4.79 Å². The molecule has 2 aromatic carbocycles. The summed E-state index contributed by atoms with van der Waals surface area (Å²) in [7, 11) is 0. The van der Waals surface area contributed by atoms with Crippen LogP contribution in [0, 0.1) is 5.41 Å². The number of benzene rings is 2. The van der Waals surface area contributed by atoms with Gasteiger partial charge >= 0.3 is 6.09 Å². The summed E-state index contributed by atoms with van der Waals surface area (Å²) < 4.78 is 5.38. The maximum Gasteiger partial charge on any atom is 0.408 e. The van der Waals surface area contributed by atoms with Crippen LogP contribution in [-0.2, 0) is 11.3 Å². The lowest BCUT2D eigenvalue weighted by molar-refractivity contribution is 0.0446. The van der Waals surface area contributed by atoms with Crippen LogP contribution in [0.25, 0.3) is 0 Å². The van der Waals surface area contributed by atoms with E-state index >= 15 is 0 Å². The van der Waals surface area contributed by atoms with Crippen molar-refractivity contribution in [2.24, 2.45) is 5.41 Å². The molecule has 0 spiro atoms. The van der Waals surface area contributed by atoms with Crippen molar-refractivity contribution in [3.05, 3.63) is 65.7 Å². The second-order valence-electron chi connectivity index (χ2n) is 11.1. The highest BCUT2D eigenvalue weighted by Crippen LogP contribution is 2.25. The van der Waals surface area contributed by atoms with Crippen molar-refractivity contribution in [3.63, 3.8) is 0 Å². The molecule has 0 bridgehead atoms. The average Bonchev–Trinajstić information content (AvgIpc) is 2.76. The predicted octanol–water partition coefficient (Wildman–Crippen LogP) is 5.13. The number of anilines is 1. The normalized spacial score (nSPS) is 16.1. The van der Waals surface area contributed by atoms with E-state index in [4.69, 9.17) is 4.74 Å². The molecule has 0 aliphatic carbocycles. The molecule has 1 atom stereocenters. The Kier molecular flexibility index (Phi) is 8.03. The smallest absolute Gasteiger partial charge is 0.408 e. The number of nitrogens with zero attached hydrogens (tertiary/aromatic N) is 2. The average molecular weight is 466 g/mol. The highest BCUT2D eigenvalue weighted by atomic mass is 16.6. The zero-order valence-electron chi connectivity index (χ0n) is 21.4. The van der Waals surface area contributed by atoms with E-state index in [0.717, 1.165) is 38.4 Å². The molecule has 1 heterocycles. The molecule has 184 valence electrons. The first kappa shape index (κ1) is 25.8. The minimum Gasteiger partial charge on any atom is -0.444 e. The van der Waals surface area contributed by atoms with Crippen molar-refractivity contribution in [3.8, 4) is 0 Å². The number of rotatable bonds is 6. The lowest BCUT2D eigenvalue weighted by atomic mass is 9.82. The molecule has 2 aromatic rings. The first-order valence-electron chi connectivity index (χ1n) is 12.1. The van der Waals surface area contributed by atoms with E-state index in [1.165, 1.54) is 5.56 Å². The van der Waals surface area contributed by atoms with Crippen LogP contribution in [0.2, 0.25) is 0 Å². The Morgan fingerprint density at radius 3 is 2.00 bits per heavy atom. The fourth-order valence-corrected chi connectivity index (χ4v) is 4.11. The van der Waals surface area contributed by atoms with Gasteiger partial charge in [0.1, 0.15) is 11.6 Å². The molecule has 1 saturated heterocycles. The topological polar surface area (TPSA) is 61.9 Å². The summed E-state index contributed by atoms with van der Waals surface area (Å²) in [6, 6.07) is 17.6. The van der Waals surface area contributed by atoms with Crippen molar-refractivity contribution in [2.45, 2.75) is 59.7 Å². The maximum atomic E-state index is 13.3. The molecule has 1 fully saturated rings. The summed E-state index contributed by atoms with van der Waals surface area (Å²) in [5.74, 6) is -0.113. The predicted molar refractivity (Wildman–Crippen MR) is 137 cm³/mol. The molecule has 6 heteroatoms. The lowest BCUT2D eigenvalue weighted by Gasteiger charge is -2.36. The van der Waals surface area contributed by atoms with Gasteiger partial charge in [-0.1, -0.05) is 51.1 Å². The van der Waals surface area contributed by atoms with Crippen LogP contribution in [0.5, 0.6) is 0 Å². The molecule has 6 nitrogen and oxygen atoms in total. The monoisotopic (exact) mass is 465 g/mol. The van der Waals surface area contributed by atoms with E-state index in [1.807, 2.05) is 51.1 Å². The molecule has 0 unspecified atom stereocenters. The number of ketones is 1. The third kappa shape index (κ3) is 7.32. The fourth-order valence-electron chi connectivity index (χ4n) is 4.11. The quantitative estimate of drug-likeness (QED) is 0.599. The van der Waals surface area contributed by atoms with Gasteiger partial charge in [0.05, 0.1) is 0 Å². The molecule has 1 aliphatic heterocycles. The summed E-state index contributed by atoms with van der Waals surface area (Å²) in [6.45, 7) is 16.1. The number of alkyl carbamates (subject to hydrolysis) is 1. The minimum absolute atomic E-state index is 0.113. The van der Waals surface area contributed by atoms with Crippen LogP contribution in [0.15, 0.2) is 54.6 Å². The molecule has 1 aliphatic rings. The number of hydrogen-bond donors (Lipinski definition) is 1. The number of nitrogens with one attached hydrogen (secondary N) is 1. The fraction of sp³-hybridized carbons (Fsp3) is 0.500. The van der Waals surface area contributed by atoms with E-state index in [2.05, 4.69) is 39.4 Å². The summed E-state index contributed by atoms with van der Waals surface area (Å²) in [4.78, 5) is 30.5. The maximum absolute atomic E-state index is 13.3. The summed E-state index contributed by atoms with van der Waals surface area (Å²) >= 11 is 0. The van der Waals surface area contributed by atoms with Crippen LogP contribution in [0.1, 0.15) is 57.5 Å². The molecule has 0 radical (unpaired) electrons. The largest absolute Gasteiger partial charge is 0.444 e. The van der Waals surface area contributed by atoms with Gasteiger partial charge in [-0.3, -0.25) is 9.69 Å². The Morgan fingerprint density at radius 2 is 1.47 bits per heavy atom. The highest BCUT2D eigenvalue weighted by molar-refractivity contribution is 6.02. The number of Topliss-reactive ketones (excluding diaryl/α,β-unsaturated/α-hetero) is 1. The van der Waals surface area contributed by atoms with E-state index in [9.17, 15) is 9.59 Å².